The van der Waals surface area contributed by atoms with Gasteiger partial charge in [0.2, 0.25) is 0 Å². The number of hydrogen-bond acceptors (Lipinski definition) is 2. The Morgan fingerprint density at radius 1 is 1.00 bits per heavy atom. The molecular formula is C19H16F3N3O. The molecule has 0 spiro atoms. The van der Waals surface area contributed by atoms with Gasteiger partial charge in [-0.05, 0) is 48.2 Å². The van der Waals surface area contributed by atoms with E-state index in [1.165, 1.54) is 19.1 Å². The van der Waals surface area contributed by atoms with Crippen molar-refractivity contribution in [2.24, 2.45) is 0 Å². The zero-order valence-corrected chi connectivity index (χ0v) is 13.8. The highest BCUT2D eigenvalue weighted by Gasteiger charge is 2.32. The Hall–Kier alpha value is -3.22. The minimum absolute atomic E-state index is 0.0557. The third-order valence-corrected chi connectivity index (χ3v) is 3.96. The first kappa shape index (κ1) is 17.6. The van der Waals surface area contributed by atoms with Crippen LogP contribution in [0.5, 0.6) is 0 Å². The van der Waals surface area contributed by atoms with Crippen LogP contribution in [0.15, 0.2) is 54.6 Å². The molecule has 3 rings (SSSR count). The second-order valence-corrected chi connectivity index (χ2v) is 5.89. The lowest BCUT2D eigenvalue weighted by Gasteiger charge is -2.14. The summed E-state index contributed by atoms with van der Waals surface area (Å²) in [5.41, 5.74) is 6.20. The fraction of sp³-hybridized carbons (Fsp3) is 0.105. The average molecular weight is 359 g/mol. The van der Waals surface area contributed by atoms with Crippen molar-refractivity contribution in [3.05, 3.63) is 65.7 Å². The molecule has 0 heterocycles. The number of rotatable bonds is 2. The molecular weight excluding hydrogens is 343 g/mol. The SMILES string of the molecule is Cc1ccc(NC(=O)Nc2cccc3ccc(N)cc23)cc1C(F)(F)F. The molecule has 3 aromatic carbocycles. The van der Waals surface area contributed by atoms with Crippen LogP contribution < -0.4 is 16.4 Å². The summed E-state index contributed by atoms with van der Waals surface area (Å²) < 4.78 is 39.0. The van der Waals surface area contributed by atoms with Gasteiger partial charge < -0.3 is 16.4 Å². The Kier molecular flexibility index (Phi) is 4.46. The molecule has 0 unspecified atom stereocenters. The van der Waals surface area contributed by atoms with Gasteiger partial charge in [0.1, 0.15) is 0 Å². The Labute approximate surface area is 147 Å². The standard InChI is InChI=1S/C19H16F3N3O/c1-11-5-8-14(10-16(11)19(20,21)22)24-18(26)25-17-4-2-3-12-6-7-13(23)9-15(12)17/h2-10H,23H2,1H3,(H2,24,25,26). The van der Waals surface area contributed by atoms with Gasteiger partial charge in [0, 0.05) is 16.8 Å². The lowest BCUT2D eigenvalue weighted by atomic mass is 10.1. The summed E-state index contributed by atoms with van der Waals surface area (Å²) in [5, 5.41) is 6.69. The molecule has 4 N–H and O–H groups in total. The third-order valence-electron chi connectivity index (χ3n) is 3.96. The number of alkyl halides is 3. The first-order valence-electron chi connectivity index (χ1n) is 7.78. The van der Waals surface area contributed by atoms with Crippen molar-refractivity contribution in [2.75, 3.05) is 16.4 Å². The second-order valence-electron chi connectivity index (χ2n) is 5.89. The molecule has 0 aromatic heterocycles. The summed E-state index contributed by atoms with van der Waals surface area (Å²) in [6.45, 7) is 1.37. The van der Waals surface area contributed by atoms with Gasteiger partial charge in [0.25, 0.3) is 0 Å². The Balaban J connectivity index is 1.83. The van der Waals surface area contributed by atoms with Gasteiger partial charge in [-0.2, -0.15) is 13.2 Å². The number of anilines is 3. The fourth-order valence-corrected chi connectivity index (χ4v) is 2.69. The zero-order chi connectivity index (χ0) is 18.9. The van der Waals surface area contributed by atoms with E-state index < -0.39 is 17.8 Å². The lowest BCUT2D eigenvalue weighted by Crippen LogP contribution is -2.20. The number of nitrogen functional groups attached to an aromatic ring is 1. The molecule has 0 saturated carbocycles. The maximum atomic E-state index is 13.0. The minimum atomic E-state index is -4.48. The van der Waals surface area contributed by atoms with Crippen LogP contribution in [0.1, 0.15) is 11.1 Å². The van der Waals surface area contributed by atoms with Crippen LogP contribution in [-0.2, 0) is 6.18 Å². The number of benzene rings is 3. The van der Waals surface area contributed by atoms with Crippen molar-refractivity contribution in [3.63, 3.8) is 0 Å². The zero-order valence-electron chi connectivity index (χ0n) is 13.8. The van der Waals surface area contributed by atoms with Crippen molar-refractivity contribution in [2.45, 2.75) is 13.1 Å². The van der Waals surface area contributed by atoms with Crippen LogP contribution in [0.4, 0.5) is 35.0 Å². The number of fused-ring (bicyclic) bond motifs is 1. The van der Waals surface area contributed by atoms with E-state index in [1.807, 2.05) is 12.1 Å². The summed E-state index contributed by atoms with van der Waals surface area (Å²) in [7, 11) is 0. The Bertz CT molecular complexity index is 983. The van der Waals surface area contributed by atoms with Gasteiger partial charge in [-0.25, -0.2) is 4.79 Å². The maximum Gasteiger partial charge on any atom is 0.416 e. The predicted octanol–water partition coefficient (Wildman–Crippen LogP) is 5.39. The van der Waals surface area contributed by atoms with Crippen LogP contribution in [0.25, 0.3) is 10.8 Å². The molecule has 0 saturated heterocycles. The smallest absolute Gasteiger partial charge is 0.399 e. The monoisotopic (exact) mass is 359 g/mol. The Morgan fingerprint density at radius 3 is 2.50 bits per heavy atom. The molecule has 0 radical (unpaired) electrons. The van der Waals surface area contributed by atoms with E-state index in [-0.39, 0.29) is 11.3 Å². The van der Waals surface area contributed by atoms with Crippen LogP contribution >= 0.6 is 0 Å². The molecule has 4 nitrogen and oxygen atoms in total. The first-order chi connectivity index (χ1) is 12.2. The average Bonchev–Trinajstić information content (AvgIpc) is 2.56. The third kappa shape index (κ3) is 3.72. The van der Waals surface area contributed by atoms with E-state index in [4.69, 9.17) is 5.73 Å². The van der Waals surface area contributed by atoms with E-state index in [0.29, 0.717) is 11.4 Å². The summed E-state index contributed by atoms with van der Waals surface area (Å²) in [5.74, 6) is 0. The summed E-state index contributed by atoms with van der Waals surface area (Å²) >= 11 is 0. The van der Waals surface area contributed by atoms with Crippen LogP contribution in [0.2, 0.25) is 0 Å². The number of halogens is 3. The van der Waals surface area contributed by atoms with E-state index in [2.05, 4.69) is 10.6 Å². The minimum Gasteiger partial charge on any atom is -0.399 e. The number of aryl methyl sites for hydroxylation is 1. The summed E-state index contributed by atoms with van der Waals surface area (Å²) in [6, 6.07) is 13.6. The van der Waals surface area contributed by atoms with Crippen molar-refractivity contribution < 1.29 is 18.0 Å². The van der Waals surface area contributed by atoms with Crippen molar-refractivity contribution >= 4 is 33.9 Å². The van der Waals surface area contributed by atoms with Crippen molar-refractivity contribution in [1.82, 2.24) is 0 Å². The molecule has 26 heavy (non-hydrogen) atoms. The van der Waals surface area contributed by atoms with Crippen LogP contribution in [0.3, 0.4) is 0 Å². The number of nitrogens with one attached hydrogen (secondary N) is 2. The highest BCUT2D eigenvalue weighted by molar-refractivity contribution is 6.06. The normalized spacial score (nSPS) is 11.4. The highest BCUT2D eigenvalue weighted by atomic mass is 19.4. The molecule has 3 aromatic rings. The molecule has 7 heteroatoms. The molecule has 0 bridgehead atoms. The quantitative estimate of drug-likeness (QED) is 0.537. The number of urea groups is 1. The van der Waals surface area contributed by atoms with Crippen molar-refractivity contribution in [1.29, 1.82) is 0 Å². The number of nitrogens with two attached hydrogens (primary N) is 1. The number of carbonyl (C=O) groups is 1. The topological polar surface area (TPSA) is 67.2 Å². The molecule has 0 aliphatic rings. The van der Waals surface area contributed by atoms with E-state index >= 15 is 0 Å². The van der Waals surface area contributed by atoms with Crippen molar-refractivity contribution in [3.8, 4) is 0 Å². The fourth-order valence-electron chi connectivity index (χ4n) is 2.69. The van der Waals surface area contributed by atoms with Gasteiger partial charge in [-0.3, -0.25) is 0 Å². The van der Waals surface area contributed by atoms with Gasteiger partial charge >= 0.3 is 12.2 Å². The molecule has 0 fully saturated rings. The highest BCUT2D eigenvalue weighted by Crippen LogP contribution is 2.33. The summed E-state index contributed by atoms with van der Waals surface area (Å²) in [4.78, 5) is 12.2. The van der Waals surface area contributed by atoms with E-state index in [9.17, 15) is 18.0 Å². The summed E-state index contributed by atoms with van der Waals surface area (Å²) in [6.07, 6.45) is -4.48. The van der Waals surface area contributed by atoms with E-state index in [0.717, 1.165) is 16.8 Å². The molecule has 0 aliphatic heterocycles. The van der Waals surface area contributed by atoms with Gasteiger partial charge in [0.15, 0.2) is 0 Å². The van der Waals surface area contributed by atoms with Gasteiger partial charge in [-0.15, -0.1) is 0 Å². The maximum absolute atomic E-state index is 13.0. The largest absolute Gasteiger partial charge is 0.416 e. The second kappa shape index (κ2) is 6.59. The van der Waals surface area contributed by atoms with E-state index in [1.54, 1.807) is 24.3 Å². The first-order valence-corrected chi connectivity index (χ1v) is 7.78. The van der Waals surface area contributed by atoms with Crippen LogP contribution in [0, 0.1) is 6.92 Å². The lowest BCUT2D eigenvalue weighted by molar-refractivity contribution is -0.138. The number of carbonyl (C=O) groups excluding carboxylic acids is 1. The Morgan fingerprint density at radius 2 is 1.77 bits per heavy atom. The molecule has 2 amide bonds. The molecule has 0 aliphatic carbocycles. The number of amides is 2. The van der Waals surface area contributed by atoms with Crippen LogP contribution in [-0.4, -0.2) is 6.03 Å². The predicted molar refractivity (Wildman–Crippen MR) is 97.2 cm³/mol. The molecule has 0 atom stereocenters. The van der Waals surface area contributed by atoms with Gasteiger partial charge in [0.05, 0.1) is 11.3 Å². The molecule has 134 valence electrons. The number of hydrogen-bond donors (Lipinski definition) is 3. The van der Waals surface area contributed by atoms with Gasteiger partial charge in [-0.1, -0.05) is 24.3 Å².